The Morgan fingerprint density at radius 3 is 2.78 bits per heavy atom. The molecular formula is C20H28N4O3. The number of aryl methyl sites for hydroxylation is 1. The second-order valence-corrected chi connectivity index (χ2v) is 6.88. The van der Waals surface area contributed by atoms with Crippen LogP contribution in [0.15, 0.2) is 30.6 Å². The zero-order chi connectivity index (χ0) is 19.2. The Labute approximate surface area is 160 Å². The first-order chi connectivity index (χ1) is 13.1. The largest absolute Gasteiger partial charge is 0.497 e. The van der Waals surface area contributed by atoms with Gasteiger partial charge in [0.1, 0.15) is 17.5 Å². The van der Waals surface area contributed by atoms with Crippen molar-refractivity contribution in [2.24, 2.45) is 7.05 Å². The van der Waals surface area contributed by atoms with E-state index < -0.39 is 6.04 Å². The van der Waals surface area contributed by atoms with Crippen molar-refractivity contribution in [2.45, 2.75) is 44.4 Å². The van der Waals surface area contributed by atoms with Crippen molar-refractivity contribution in [1.29, 1.82) is 0 Å². The Bertz CT molecular complexity index is 768. The molecule has 1 aliphatic carbocycles. The van der Waals surface area contributed by atoms with Crippen molar-refractivity contribution in [2.75, 3.05) is 14.2 Å². The van der Waals surface area contributed by atoms with Crippen LogP contribution in [0.1, 0.15) is 42.9 Å². The van der Waals surface area contributed by atoms with E-state index in [0.29, 0.717) is 6.54 Å². The van der Waals surface area contributed by atoms with E-state index in [1.165, 1.54) is 12.8 Å². The fourth-order valence-corrected chi connectivity index (χ4v) is 3.43. The first-order valence-electron chi connectivity index (χ1n) is 9.37. The van der Waals surface area contributed by atoms with Crippen LogP contribution in [0.4, 0.5) is 0 Å². The zero-order valence-corrected chi connectivity index (χ0v) is 16.2. The summed E-state index contributed by atoms with van der Waals surface area (Å²) in [6, 6.07) is 5.29. The van der Waals surface area contributed by atoms with Gasteiger partial charge >= 0.3 is 0 Å². The van der Waals surface area contributed by atoms with Crippen LogP contribution in [0, 0.1) is 0 Å². The molecule has 146 valence electrons. The molecule has 0 radical (unpaired) electrons. The number of ether oxygens (including phenoxy) is 2. The summed E-state index contributed by atoms with van der Waals surface area (Å²) >= 11 is 0. The van der Waals surface area contributed by atoms with E-state index in [0.717, 1.165) is 35.5 Å². The minimum atomic E-state index is -0.448. The lowest BCUT2D eigenvalue weighted by atomic mass is 10.1. The summed E-state index contributed by atoms with van der Waals surface area (Å²) in [6.07, 6.45) is 8.33. The standard InChI is InChI=1S/C20H28N4O3/c1-21-19(15-12-23-24(2)13-15)20(25)22-11-14-8-9-17(26-3)10-18(14)27-16-6-4-5-7-16/h8-10,12-13,16,19,21H,4-7,11H2,1-3H3,(H,22,25). The van der Waals surface area contributed by atoms with Gasteiger partial charge in [-0.1, -0.05) is 0 Å². The van der Waals surface area contributed by atoms with Gasteiger partial charge in [-0.25, -0.2) is 0 Å². The van der Waals surface area contributed by atoms with Crippen LogP contribution >= 0.6 is 0 Å². The lowest BCUT2D eigenvalue weighted by Crippen LogP contribution is -2.35. The lowest BCUT2D eigenvalue weighted by molar-refractivity contribution is -0.123. The summed E-state index contributed by atoms with van der Waals surface area (Å²) in [7, 11) is 5.24. The quantitative estimate of drug-likeness (QED) is 0.744. The average Bonchev–Trinajstić information content (AvgIpc) is 3.33. The number of hydrogen-bond donors (Lipinski definition) is 2. The number of aromatic nitrogens is 2. The molecule has 1 saturated carbocycles. The number of carbonyl (C=O) groups excluding carboxylic acids is 1. The Balaban J connectivity index is 1.69. The molecule has 1 heterocycles. The summed E-state index contributed by atoms with van der Waals surface area (Å²) in [5.41, 5.74) is 1.77. The van der Waals surface area contributed by atoms with Gasteiger partial charge in [-0.15, -0.1) is 0 Å². The molecule has 1 unspecified atom stereocenters. The number of methoxy groups -OCH3 is 1. The second kappa shape index (κ2) is 8.90. The van der Waals surface area contributed by atoms with Crippen molar-refractivity contribution in [1.82, 2.24) is 20.4 Å². The first kappa shape index (κ1) is 19.2. The number of nitrogens with one attached hydrogen (secondary N) is 2. The second-order valence-electron chi connectivity index (χ2n) is 6.88. The molecule has 1 fully saturated rings. The molecule has 1 aromatic heterocycles. The van der Waals surface area contributed by atoms with Crippen LogP contribution in [0.25, 0.3) is 0 Å². The van der Waals surface area contributed by atoms with Crippen molar-refractivity contribution in [3.05, 3.63) is 41.7 Å². The highest BCUT2D eigenvalue weighted by atomic mass is 16.5. The van der Waals surface area contributed by atoms with Gasteiger partial charge in [0.2, 0.25) is 5.91 Å². The van der Waals surface area contributed by atoms with Crippen molar-refractivity contribution >= 4 is 5.91 Å². The molecule has 3 rings (SSSR count). The minimum absolute atomic E-state index is 0.104. The number of rotatable bonds is 8. The molecule has 1 amide bonds. The van der Waals surface area contributed by atoms with Gasteiger partial charge in [0, 0.05) is 37.0 Å². The molecule has 2 N–H and O–H groups in total. The first-order valence-corrected chi connectivity index (χ1v) is 9.37. The van der Waals surface area contributed by atoms with Gasteiger partial charge in [-0.3, -0.25) is 9.48 Å². The number of likely N-dealkylation sites (N-methyl/N-ethyl adjacent to an activating group) is 1. The van der Waals surface area contributed by atoms with E-state index in [4.69, 9.17) is 9.47 Å². The van der Waals surface area contributed by atoms with Gasteiger partial charge < -0.3 is 20.1 Å². The third-order valence-corrected chi connectivity index (χ3v) is 4.93. The van der Waals surface area contributed by atoms with Crippen molar-refractivity contribution in [3.63, 3.8) is 0 Å². The Morgan fingerprint density at radius 2 is 2.15 bits per heavy atom. The fraction of sp³-hybridized carbons (Fsp3) is 0.500. The molecule has 27 heavy (non-hydrogen) atoms. The molecule has 0 aliphatic heterocycles. The highest BCUT2D eigenvalue weighted by Gasteiger charge is 2.22. The molecule has 1 atom stereocenters. The van der Waals surface area contributed by atoms with E-state index in [-0.39, 0.29) is 12.0 Å². The average molecular weight is 372 g/mol. The number of hydrogen-bond acceptors (Lipinski definition) is 5. The molecule has 2 aromatic rings. The van der Waals surface area contributed by atoms with Crippen LogP contribution in [-0.4, -0.2) is 35.9 Å². The molecule has 0 spiro atoms. The van der Waals surface area contributed by atoms with Crippen molar-refractivity contribution in [3.8, 4) is 11.5 Å². The van der Waals surface area contributed by atoms with Gasteiger partial charge in [-0.2, -0.15) is 5.10 Å². The molecular weight excluding hydrogens is 344 g/mol. The van der Waals surface area contributed by atoms with Crippen LogP contribution in [0.3, 0.4) is 0 Å². The lowest BCUT2D eigenvalue weighted by Gasteiger charge is -2.19. The number of amides is 1. The summed E-state index contributed by atoms with van der Waals surface area (Å²) < 4.78 is 13.2. The third-order valence-electron chi connectivity index (χ3n) is 4.93. The van der Waals surface area contributed by atoms with Crippen molar-refractivity contribution < 1.29 is 14.3 Å². The minimum Gasteiger partial charge on any atom is -0.497 e. The number of benzene rings is 1. The van der Waals surface area contributed by atoms with Crippen LogP contribution < -0.4 is 20.1 Å². The maximum Gasteiger partial charge on any atom is 0.242 e. The maximum atomic E-state index is 12.7. The molecule has 7 nitrogen and oxygen atoms in total. The highest BCUT2D eigenvalue weighted by molar-refractivity contribution is 5.83. The summed E-state index contributed by atoms with van der Waals surface area (Å²) in [5.74, 6) is 1.43. The van der Waals surface area contributed by atoms with Crippen LogP contribution in [0.5, 0.6) is 11.5 Å². The van der Waals surface area contributed by atoms with Crippen LogP contribution in [-0.2, 0) is 18.4 Å². The predicted octanol–water partition coefficient (Wildman–Crippen LogP) is 2.33. The van der Waals surface area contributed by atoms with E-state index in [1.807, 2.05) is 31.4 Å². The fourth-order valence-electron chi connectivity index (χ4n) is 3.43. The normalized spacial score (nSPS) is 15.5. The molecule has 0 saturated heterocycles. The Kier molecular flexibility index (Phi) is 6.34. The van der Waals surface area contributed by atoms with E-state index in [9.17, 15) is 4.79 Å². The monoisotopic (exact) mass is 372 g/mol. The van der Waals surface area contributed by atoms with E-state index in [1.54, 1.807) is 25.0 Å². The SMILES string of the molecule is CNC(C(=O)NCc1ccc(OC)cc1OC1CCCC1)c1cnn(C)c1. The summed E-state index contributed by atoms with van der Waals surface area (Å²) in [6.45, 7) is 0.392. The molecule has 1 aromatic carbocycles. The molecule has 7 heteroatoms. The van der Waals surface area contributed by atoms with E-state index >= 15 is 0 Å². The maximum absolute atomic E-state index is 12.7. The number of carbonyl (C=O) groups is 1. The summed E-state index contributed by atoms with van der Waals surface area (Å²) in [5, 5.41) is 10.2. The zero-order valence-electron chi connectivity index (χ0n) is 16.2. The summed E-state index contributed by atoms with van der Waals surface area (Å²) in [4.78, 5) is 12.7. The Hall–Kier alpha value is -2.54. The molecule has 0 bridgehead atoms. The topological polar surface area (TPSA) is 77.4 Å². The van der Waals surface area contributed by atoms with Gasteiger partial charge in [0.15, 0.2) is 0 Å². The number of nitrogens with zero attached hydrogens (tertiary/aromatic N) is 2. The van der Waals surface area contributed by atoms with Gasteiger partial charge in [0.05, 0.1) is 19.4 Å². The van der Waals surface area contributed by atoms with E-state index in [2.05, 4.69) is 15.7 Å². The van der Waals surface area contributed by atoms with Gasteiger partial charge in [0.25, 0.3) is 0 Å². The highest BCUT2D eigenvalue weighted by Crippen LogP contribution is 2.30. The molecule has 1 aliphatic rings. The third kappa shape index (κ3) is 4.80. The van der Waals surface area contributed by atoms with Crippen LogP contribution in [0.2, 0.25) is 0 Å². The predicted molar refractivity (Wildman–Crippen MR) is 103 cm³/mol. The van der Waals surface area contributed by atoms with Gasteiger partial charge in [-0.05, 0) is 44.9 Å². The smallest absolute Gasteiger partial charge is 0.242 e. The Morgan fingerprint density at radius 1 is 1.37 bits per heavy atom.